The van der Waals surface area contributed by atoms with Crippen LogP contribution in [0.5, 0.6) is 0 Å². The zero-order valence-corrected chi connectivity index (χ0v) is 15.1. The maximum absolute atomic E-state index is 12.7. The highest BCUT2D eigenvalue weighted by Gasteiger charge is 2.32. The second kappa shape index (κ2) is 7.77. The van der Waals surface area contributed by atoms with Gasteiger partial charge in [-0.25, -0.2) is 0 Å². The molecule has 2 aromatic rings. The first-order chi connectivity index (χ1) is 12.0. The minimum absolute atomic E-state index is 0.0623. The average molecular weight is 346 g/mol. The Morgan fingerprint density at radius 2 is 2.24 bits per heavy atom. The Morgan fingerprint density at radius 3 is 2.88 bits per heavy atom. The van der Waals surface area contributed by atoms with E-state index >= 15 is 0 Å². The molecule has 8 heteroatoms. The van der Waals surface area contributed by atoms with Crippen molar-refractivity contribution in [3.8, 4) is 0 Å². The van der Waals surface area contributed by atoms with Crippen molar-refractivity contribution in [3.63, 3.8) is 0 Å². The van der Waals surface area contributed by atoms with Crippen LogP contribution in [0.15, 0.2) is 23.0 Å². The topological polar surface area (TPSA) is 80.3 Å². The summed E-state index contributed by atoms with van der Waals surface area (Å²) in [4.78, 5) is 21.4. The molecular weight excluding hydrogens is 320 g/mol. The van der Waals surface area contributed by atoms with E-state index in [1.165, 1.54) is 0 Å². The Balaban J connectivity index is 1.77. The fourth-order valence-electron chi connectivity index (χ4n) is 3.27. The quantitative estimate of drug-likeness (QED) is 0.816. The number of aryl methyl sites for hydroxylation is 1. The van der Waals surface area contributed by atoms with Crippen LogP contribution in [0.25, 0.3) is 0 Å². The van der Waals surface area contributed by atoms with E-state index in [4.69, 9.17) is 4.52 Å². The lowest BCUT2D eigenvalue weighted by Gasteiger charge is -2.30. The summed E-state index contributed by atoms with van der Waals surface area (Å²) in [6, 6.07) is 1.76. The van der Waals surface area contributed by atoms with Crippen molar-refractivity contribution in [2.75, 3.05) is 26.2 Å². The minimum atomic E-state index is -0.0623. The van der Waals surface area contributed by atoms with Crippen molar-refractivity contribution in [2.24, 2.45) is 5.92 Å². The number of carbonyl (C=O) groups excluding carboxylic acids is 1. The molecule has 1 fully saturated rings. The van der Waals surface area contributed by atoms with Gasteiger partial charge in [0.15, 0.2) is 5.82 Å². The predicted octanol–water partition coefficient (Wildman–Crippen LogP) is 1.51. The molecule has 25 heavy (non-hydrogen) atoms. The number of hydrogen-bond acceptors (Lipinski definition) is 6. The number of carbonyl (C=O) groups is 1. The summed E-state index contributed by atoms with van der Waals surface area (Å²) in [5.41, 5.74) is 0. The Kier molecular flexibility index (Phi) is 5.47. The Bertz CT molecular complexity index is 681. The first-order valence-electron chi connectivity index (χ1n) is 8.82. The molecule has 0 saturated carbocycles. The van der Waals surface area contributed by atoms with Gasteiger partial charge in [-0.15, -0.1) is 0 Å². The van der Waals surface area contributed by atoms with Gasteiger partial charge in [0.1, 0.15) is 12.6 Å². The molecule has 1 amide bonds. The van der Waals surface area contributed by atoms with E-state index in [0.29, 0.717) is 24.2 Å². The van der Waals surface area contributed by atoms with Crippen LogP contribution in [-0.2, 0) is 11.3 Å². The highest BCUT2D eigenvalue weighted by Crippen LogP contribution is 2.25. The van der Waals surface area contributed by atoms with Crippen LogP contribution in [0.2, 0.25) is 0 Å². The van der Waals surface area contributed by atoms with Crippen molar-refractivity contribution in [1.29, 1.82) is 0 Å². The summed E-state index contributed by atoms with van der Waals surface area (Å²) in [5.74, 6) is 1.81. The minimum Gasteiger partial charge on any atom is -0.339 e. The lowest BCUT2D eigenvalue weighted by atomic mass is 10.1. The zero-order chi connectivity index (χ0) is 17.8. The second-order valence-corrected chi connectivity index (χ2v) is 6.98. The van der Waals surface area contributed by atoms with Crippen LogP contribution >= 0.6 is 0 Å². The zero-order valence-electron chi connectivity index (χ0n) is 15.1. The van der Waals surface area contributed by atoms with Gasteiger partial charge >= 0.3 is 0 Å². The maximum Gasteiger partial charge on any atom is 0.245 e. The standard InChI is InChI=1S/C17H26N6O2/c1-13(2)10-21-7-5-8-22(16(24)12-23-9-4-6-18-23)11-15(21)17-19-14(3)20-25-17/h4,6,9,13,15H,5,7-8,10-12H2,1-3H3. The monoisotopic (exact) mass is 346 g/mol. The molecule has 0 bridgehead atoms. The van der Waals surface area contributed by atoms with Crippen molar-refractivity contribution >= 4 is 5.91 Å². The van der Waals surface area contributed by atoms with Gasteiger partial charge in [0.25, 0.3) is 0 Å². The number of nitrogens with zero attached hydrogens (tertiary/aromatic N) is 6. The van der Waals surface area contributed by atoms with Gasteiger partial charge in [0, 0.05) is 38.6 Å². The van der Waals surface area contributed by atoms with Gasteiger partial charge in [0.05, 0.1) is 0 Å². The molecule has 8 nitrogen and oxygen atoms in total. The SMILES string of the molecule is Cc1noc(C2CN(C(=O)Cn3cccn3)CCCN2CC(C)C)n1. The molecule has 1 atom stereocenters. The van der Waals surface area contributed by atoms with Crippen LogP contribution in [0.1, 0.15) is 38.0 Å². The molecule has 1 aliphatic heterocycles. The second-order valence-electron chi connectivity index (χ2n) is 6.98. The van der Waals surface area contributed by atoms with E-state index in [1.807, 2.05) is 17.9 Å². The first kappa shape index (κ1) is 17.6. The molecule has 1 unspecified atom stereocenters. The Labute approximate surface area is 147 Å². The summed E-state index contributed by atoms with van der Waals surface area (Å²) in [7, 11) is 0. The van der Waals surface area contributed by atoms with E-state index in [9.17, 15) is 4.79 Å². The third-order valence-corrected chi connectivity index (χ3v) is 4.34. The van der Waals surface area contributed by atoms with Crippen LogP contribution < -0.4 is 0 Å². The largest absolute Gasteiger partial charge is 0.339 e. The number of rotatable bonds is 5. The number of hydrogen-bond donors (Lipinski definition) is 0. The van der Waals surface area contributed by atoms with E-state index in [1.54, 1.807) is 17.1 Å². The van der Waals surface area contributed by atoms with E-state index in [0.717, 1.165) is 26.1 Å². The summed E-state index contributed by atoms with van der Waals surface area (Å²) < 4.78 is 7.10. The molecule has 3 rings (SSSR count). The van der Waals surface area contributed by atoms with Crippen LogP contribution in [-0.4, -0.2) is 61.8 Å². The molecular formula is C17H26N6O2. The van der Waals surface area contributed by atoms with Crippen LogP contribution in [0, 0.1) is 12.8 Å². The van der Waals surface area contributed by atoms with E-state index in [-0.39, 0.29) is 18.5 Å². The summed E-state index contributed by atoms with van der Waals surface area (Å²) in [6.07, 6.45) is 4.42. The van der Waals surface area contributed by atoms with E-state index in [2.05, 4.69) is 34.0 Å². The van der Waals surface area contributed by atoms with Gasteiger partial charge in [-0.3, -0.25) is 14.4 Å². The summed E-state index contributed by atoms with van der Waals surface area (Å²) in [6.45, 7) is 9.61. The van der Waals surface area contributed by atoms with Crippen molar-refractivity contribution in [2.45, 2.75) is 39.8 Å². The molecule has 0 aliphatic carbocycles. The molecule has 1 saturated heterocycles. The third kappa shape index (κ3) is 4.45. The number of amides is 1. The smallest absolute Gasteiger partial charge is 0.245 e. The lowest BCUT2D eigenvalue weighted by molar-refractivity contribution is -0.132. The molecule has 1 aliphatic rings. The molecule has 0 radical (unpaired) electrons. The summed E-state index contributed by atoms with van der Waals surface area (Å²) in [5, 5.41) is 8.06. The predicted molar refractivity (Wildman–Crippen MR) is 91.6 cm³/mol. The number of aromatic nitrogens is 4. The first-order valence-corrected chi connectivity index (χ1v) is 8.82. The fraction of sp³-hybridized carbons (Fsp3) is 0.647. The van der Waals surface area contributed by atoms with Gasteiger partial charge in [-0.1, -0.05) is 19.0 Å². The van der Waals surface area contributed by atoms with Gasteiger partial charge in [-0.05, 0) is 25.3 Å². The molecule has 0 spiro atoms. The highest BCUT2D eigenvalue weighted by atomic mass is 16.5. The van der Waals surface area contributed by atoms with Crippen LogP contribution in [0.3, 0.4) is 0 Å². The normalized spacial score (nSPS) is 19.4. The van der Waals surface area contributed by atoms with Gasteiger partial charge in [-0.2, -0.15) is 10.1 Å². The van der Waals surface area contributed by atoms with E-state index < -0.39 is 0 Å². The fourth-order valence-corrected chi connectivity index (χ4v) is 3.27. The van der Waals surface area contributed by atoms with Gasteiger partial charge in [0.2, 0.25) is 11.8 Å². The highest BCUT2D eigenvalue weighted by molar-refractivity contribution is 5.76. The maximum atomic E-state index is 12.7. The molecule has 0 aromatic carbocycles. The average Bonchev–Trinajstić information content (AvgIpc) is 3.16. The van der Waals surface area contributed by atoms with Crippen molar-refractivity contribution in [3.05, 3.63) is 30.2 Å². The van der Waals surface area contributed by atoms with Gasteiger partial charge < -0.3 is 9.42 Å². The van der Waals surface area contributed by atoms with Crippen LogP contribution in [0.4, 0.5) is 0 Å². The molecule has 0 N–H and O–H groups in total. The third-order valence-electron chi connectivity index (χ3n) is 4.34. The summed E-state index contributed by atoms with van der Waals surface area (Å²) >= 11 is 0. The lowest BCUT2D eigenvalue weighted by Crippen LogP contribution is -2.40. The molecule has 136 valence electrons. The molecule has 3 heterocycles. The Morgan fingerprint density at radius 1 is 1.40 bits per heavy atom. The van der Waals surface area contributed by atoms with Crippen molar-refractivity contribution < 1.29 is 9.32 Å². The van der Waals surface area contributed by atoms with Crippen molar-refractivity contribution in [1.82, 2.24) is 29.7 Å². The molecule has 2 aromatic heterocycles. The Hall–Kier alpha value is -2.22.